The number of fused-ring (bicyclic) bond motifs is 5. The van der Waals surface area contributed by atoms with Crippen LogP contribution in [-0.2, 0) is 39.5 Å². The zero-order valence-corrected chi connectivity index (χ0v) is 23.6. The number of halogens is 1. The molecule has 0 saturated carbocycles. The quantitative estimate of drug-likeness (QED) is 0.222. The van der Waals surface area contributed by atoms with Gasteiger partial charge in [-0.15, -0.1) is 0 Å². The van der Waals surface area contributed by atoms with Crippen molar-refractivity contribution in [2.24, 2.45) is 5.73 Å². The summed E-state index contributed by atoms with van der Waals surface area (Å²) in [4.78, 5) is 46.1. The summed E-state index contributed by atoms with van der Waals surface area (Å²) in [5.74, 6) is -1.44. The summed E-state index contributed by atoms with van der Waals surface area (Å²) in [6, 6.07) is 2.57. The third kappa shape index (κ3) is 4.24. The second-order valence-electron chi connectivity index (χ2n) is 11.3. The summed E-state index contributed by atoms with van der Waals surface area (Å²) in [7, 11) is 0. The molecule has 0 unspecified atom stereocenters. The molecule has 3 aliphatic rings. The summed E-state index contributed by atoms with van der Waals surface area (Å²) in [5, 5.41) is 24.5. The van der Waals surface area contributed by atoms with Gasteiger partial charge in [-0.2, -0.15) is 0 Å². The lowest BCUT2D eigenvalue weighted by atomic mass is 9.81. The summed E-state index contributed by atoms with van der Waals surface area (Å²) >= 11 is 0. The molecule has 42 heavy (non-hydrogen) atoms. The Hall–Kier alpha value is -3.71. The Bertz CT molecular complexity index is 1700. The number of aromatic nitrogens is 2. The van der Waals surface area contributed by atoms with Gasteiger partial charge in [0.1, 0.15) is 12.4 Å². The maximum Gasteiger partial charge on any atom is 0.343 e. The number of nitrogens with zero attached hydrogens (tertiary/aromatic N) is 3. The third-order valence-electron chi connectivity index (χ3n) is 8.94. The van der Waals surface area contributed by atoms with Crippen molar-refractivity contribution in [3.8, 4) is 11.4 Å². The van der Waals surface area contributed by atoms with Crippen LogP contribution in [0, 0.1) is 12.7 Å². The number of hydrogen-bond donors (Lipinski definition) is 4. The van der Waals surface area contributed by atoms with E-state index in [2.05, 4.69) is 5.32 Å². The van der Waals surface area contributed by atoms with Crippen molar-refractivity contribution in [3.05, 3.63) is 61.7 Å². The predicted octanol–water partition coefficient (Wildman–Crippen LogP) is 0.884. The highest BCUT2D eigenvalue weighted by Gasteiger charge is 2.46. The molecule has 222 valence electrons. The van der Waals surface area contributed by atoms with E-state index in [0.29, 0.717) is 54.9 Å². The van der Waals surface area contributed by atoms with Crippen LogP contribution in [0.15, 0.2) is 16.9 Å². The van der Waals surface area contributed by atoms with E-state index in [0.717, 1.165) is 22.1 Å². The fourth-order valence-corrected chi connectivity index (χ4v) is 6.74. The number of nitrogens with one attached hydrogen (secondary N) is 1. The lowest BCUT2D eigenvalue weighted by molar-refractivity contribution is -0.172. The highest BCUT2D eigenvalue weighted by atomic mass is 19.1. The SMILES string of the molecule is CC[C@@]1(O)C(=O)OCc2c1cc1n(c2=O)Cc2c-1nc1cc(F)c(C)c3c1c2[C@@H](NC(=O)CN(CCN)CCO)CC3. The zero-order valence-electron chi connectivity index (χ0n) is 23.6. The van der Waals surface area contributed by atoms with Gasteiger partial charge >= 0.3 is 5.97 Å². The average molecular weight is 580 g/mol. The lowest BCUT2D eigenvalue weighted by Gasteiger charge is -2.31. The first-order valence-electron chi connectivity index (χ1n) is 14.3. The summed E-state index contributed by atoms with van der Waals surface area (Å²) in [6.45, 7) is 4.35. The van der Waals surface area contributed by atoms with Gasteiger partial charge < -0.3 is 30.6 Å². The number of amides is 1. The predicted molar refractivity (Wildman–Crippen MR) is 151 cm³/mol. The van der Waals surface area contributed by atoms with E-state index in [-0.39, 0.29) is 55.6 Å². The molecule has 2 aromatic heterocycles. The van der Waals surface area contributed by atoms with Crippen LogP contribution in [-0.4, -0.2) is 69.3 Å². The second kappa shape index (κ2) is 10.5. The molecule has 0 fully saturated rings. The summed E-state index contributed by atoms with van der Waals surface area (Å²) in [5.41, 5.74) is 7.90. The molecule has 11 nitrogen and oxygen atoms in total. The molecular formula is C30H34FN5O6. The Morgan fingerprint density at radius 2 is 2.07 bits per heavy atom. The number of rotatable bonds is 8. The number of cyclic esters (lactones) is 1. The molecule has 5 N–H and O–H groups in total. The maximum atomic E-state index is 15.1. The minimum atomic E-state index is -1.97. The summed E-state index contributed by atoms with van der Waals surface area (Å²) < 4.78 is 21.8. The van der Waals surface area contributed by atoms with Crippen LogP contribution in [0.3, 0.4) is 0 Å². The maximum absolute atomic E-state index is 15.1. The molecule has 2 atom stereocenters. The minimum Gasteiger partial charge on any atom is -0.458 e. The Labute approximate surface area is 241 Å². The van der Waals surface area contributed by atoms with Gasteiger partial charge in [-0.1, -0.05) is 6.92 Å². The van der Waals surface area contributed by atoms with Gasteiger partial charge in [0.25, 0.3) is 5.56 Å². The lowest BCUT2D eigenvalue weighted by Crippen LogP contribution is -2.44. The van der Waals surface area contributed by atoms with Crippen LogP contribution in [0.25, 0.3) is 22.3 Å². The molecule has 1 aromatic carbocycles. The van der Waals surface area contributed by atoms with Gasteiger partial charge in [-0.05, 0) is 48.9 Å². The van der Waals surface area contributed by atoms with Crippen LogP contribution in [0.5, 0.6) is 0 Å². The van der Waals surface area contributed by atoms with Crippen molar-refractivity contribution in [1.82, 2.24) is 19.8 Å². The van der Waals surface area contributed by atoms with E-state index in [9.17, 15) is 24.6 Å². The van der Waals surface area contributed by atoms with Crippen molar-refractivity contribution >= 4 is 22.8 Å². The average Bonchev–Trinajstić information content (AvgIpc) is 3.33. The number of aliphatic hydroxyl groups is 2. The molecular weight excluding hydrogens is 545 g/mol. The molecule has 0 bridgehead atoms. The number of benzene rings is 1. The monoisotopic (exact) mass is 579 g/mol. The number of esters is 1. The fourth-order valence-electron chi connectivity index (χ4n) is 6.74. The van der Waals surface area contributed by atoms with E-state index in [1.54, 1.807) is 29.4 Å². The van der Waals surface area contributed by atoms with Gasteiger partial charge in [0.15, 0.2) is 5.60 Å². The van der Waals surface area contributed by atoms with E-state index in [1.165, 1.54) is 6.07 Å². The van der Waals surface area contributed by atoms with Gasteiger partial charge in [0.2, 0.25) is 5.91 Å². The molecule has 1 amide bonds. The Morgan fingerprint density at radius 3 is 2.79 bits per heavy atom. The first-order chi connectivity index (χ1) is 20.1. The van der Waals surface area contributed by atoms with Gasteiger partial charge in [-0.25, -0.2) is 14.2 Å². The van der Waals surface area contributed by atoms with Crippen LogP contribution in [0.1, 0.15) is 59.2 Å². The van der Waals surface area contributed by atoms with Gasteiger partial charge in [-0.3, -0.25) is 14.5 Å². The van der Waals surface area contributed by atoms with Gasteiger partial charge in [0.05, 0.1) is 48.2 Å². The Morgan fingerprint density at radius 1 is 1.29 bits per heavy atom. The van der Waals surface area contributed by atoms with E-state index in [1.807, 2.05) is 0 Å². The van der Waals surface area contributed by atoms with Crippen molar-refractivity contribution in [2.45, 2.75) is 57.9 Å². The second-order valence-corrected chi connectivity index (χ2v) is 11.3. The molecule has 1 aliphatic carbocycles. The number of pyridine rings is 2. The minimum absolute atomic E-state index is 0.0182. The van der Waals surface area contributed by atoms with Crippen LogP contribution >= 0.6 is 0 Å². The van der Waals surface area contributed by atoms with Crippen molar-refractivity contribution < 1.29 is 28.9 Å². The van der Waals surface area contributed by atoms with Crippen LogP contribution in [0.2, 0.25) is 0 Å². The molecule has 3 aromatic rings. The zero-order chi connectivity index (χ0) is 29.9. The number of carbonyl (C=O) groups is 2. The van der Waals surface area contributed by atoms with E-state index < -0.39 is 23.2 Å². The molecule has 12 heteroatoms. The number of carbonyl (C=O) groups excluding carboxylic acids is 2. The number of aliphatic hydroxyl groups excluding tert-OH is 1. The fraction of sp³-hybridized carbons (Fsp3) is 0.467. The van der Waals surface area contributed by atoms with Gasteiger partial charge in [0, 0.05) is 42.2 Å². The van der Waals surface area contributed by atoms with E-state index >= 15 is 4.39 Å². The number of ether oxygens (including phenoxy) is 1. The normalized spacial score (nSPS) is 20.4. The molecule has 0 radical (unpaired) electrons. The first-order valence-corrected chi connectivity index (χ1v) is 14.3. The highest BCUT2D eigenvalue weighted by Crippen LogP contribution is 2.45. The molecule has 6 rings (SSSR count). The molecule has 0 spiro atoms. The smallest absolute Gasteiger partial charge is 0.343 e. The highest BCUT2D eigenvalue weighted by molar-refractivity contribution is 5.94. The van der Waals surface area contributed by atoms with E-state index in [4.69, 9.17) is 15.5 Å². The molecule has 4 heterocycles. The summed E-state index contributed by atoms with van der Waals surface area (Å²) in [6.07, 6.45) is 1.07. The van der Waals surface area contributed by atoms with Crippen LogP contribution in [0.4, 0.5) is 4.39 Å². The topological polar surface area (TPSA) is 160 Å². The number of aryl methyl sites for hydroxylation is 1. The Kier molecular flexibility index (Phi) is 7.12. The third-order valence-corrected chi connectivity index (χ3v) is 8.94. The number of nitrogens with two attached hydrogens (primary N) is 1. The van der Waals surface area contributed by atoms with Crippen LogP contribution < -0.4 is 16.6 Å². The standard InChI is InChI=1S/C30H34FN5O6/c1-3-30(41)19-10-23-27-17(12-36(23)28(39)18(19)14-42-29(30)40)26-21(33-24(38)13-35(7-6-32)8-9-37)5-4-16-15(2)20(31)11-22(34-27)25(16)26/h10-11,21,37,41H,3-9,12-14,32H2,1-2H3,(H,33,38)/t21-,30-/m0/s1. The largest absolute Gasteiger partial charge is 0.458 e. The molecule has 2 aliphatic heterocycles. The van der Waals surface area contributed by atoms with Crippen molar-refractivity contribution in [3.63, 3.8) is 0 Å². The molecule has 0 saturated heterocycles. The number of hydrogen-bond acceptors (Lipinski definition) is 9. The van der Waals surface area contributed by atoms with Crippen molar-refractivity contribution in [2.75, 3.05) is 32.8 Å². The Balaban J connectivity index is 1.51. The first kappa shape index (κ1) is 28.4. The van der Waals surface area contributed by atoms with Crippen molar-refractivity contribution in [1.29, 1.82) is 0 Å².